The van der Waals surface area contributed by atoms with Crippen LogP contribution in [-0.2, 0) is 20.9 Å². The molecule has 106 valence electrons. The van der Waals surface area contributed by atoms with Crippen LogP contribution in [0.15, 0.2) is 34.9 Å². The van der Waals surface area contributed by atoms with E-state index in [9.17, 15) is 9.59 Å². The Hall–Kier alpha value is -1.82. The van der Waals surface area contributed by atoms with Crippen LogP contribution in [0.25, 0.3) is 10.9 Å². The zero-order valence-corrected chi connectivity index (χ0v) is 12.6. The number of carbonyl (C=O) groups is 2. The van der Waals surface area contributed by atoms with Crippen molar-refractivity contribution in [2.45, 2.75) is 13.0 Å². The van der Waals surface area contributed by atoms with Gasteiger partial charge in [-0.2, -0.15) is 0 Å². The first-order valence-electron chi connectivity index (χ1n) is 6.18. The summed E-state index contributed by atoms with van der Waals surface area (Å²) in [6.07, 6.45) is 2.05. The maximum absolute atomic E-state index is 11.8. The molecule has 0 unspecified atom stereocenters. The van der Waals surface area contributed by atoms with Gasteiger partial charge in [0.1, 0.15) is 6.54 Å². The Morgan fingerprint density at radius 3 is 2.90 bits per heavy atom. The highest BCUT2D eigenvalue weighted by Crippen LogP contribution is 2.20. The van der Waals surface area contributed by atoms with Gasteiger partial charge >= 0.3 is 5.97 Å². The molecule has 5 nitrogen and oxygen atoms in total. The third kappa shape index (κ3) is 3.60. The van der Waals surface area contributed by atoms with Gasteiger partial charge in [-0.05, 0) is 24.3 Å². The summed E-state index contributed by atoms with van der Waals surface area (Å²) in [6.45, 7) is 0.516. The fourth-order valence-corrected chi connectivity index (χ4v) is 2.30. The molecule has 2 aromatic rings. The highest BCUT2D eigenvalue weighted by molar-refractivity contribution is 9.10. The van der Waals surface area contributed by atoms with Gasteiger partial charge in [0.15, 0.2) is 0 Å². The third-order valence-corrected chi connectivity index (χ3v) is 3.42. The minimum absolute atomic E-state index is 0.130. The van der Waals surface area contributed by atoms with Gasteiger partial charge in [-0.1, -0.05) is 15.9 Å². The van der Waals surface area contributed by atoms with E-state index in [0.29, 0.717) is 0 Å². The van der Waals surface area contributed by atoms with E-state index >= 15 is 0 Å². The second-order valence-electron chi connectivity index (χ2n) is 4.32. The SMILES string of the molecule is COC(=O)CCNC(=O)Cn1ccc2cc(Br)ccc21. The van der Waals surface area contributed by atoms with Gasteiger partial charge in [0.25, 0.3) is 0 Å². The summed E-state index contributed by atoms with van der Waals surface area (Å²) < 4.78 is 7.38. The topological polar surface area (TPSA) is 60.3 Å². The molecule has 1 N–H and O–H groups in total. The van der Waals surface area contributed by atoms with Crippen LogP contribution < -0.4 is 5.32 Å². The molecule has 0 bridgehead atoms. The van der Waals surface area contributed by atoms with E-state index in [1.165, 1.54) is 7.11 Å². The van der Waals surface area contributed by atoms with Crippen LogP contribution in [0.5, 0.6) is 0 Å². The Labute approximate surface area is 125 Å². The molecule has 0 radical (unpaired) electrons. The smallest absolute Gasteiger partial charge is 0.307 e. The number of hydrogen-bond acceptors (Lipinski definition) is 3. The quantitative estimate of drug-likeness (QED) is 0.849. The summed E-state index contributed by atoms with van der Waals surface area (Å²) in [5, 5.41) is 3.76. The predicted molar refractivity (Wildman–Crippen MR) is 79.3 cm³/mol. The Morgan fingerprint density at radius 1 is 1.35 bits per heavy atom. The number of amides is 1. The molecule has 1 amide bonds. The van der Waals surface area contributed by atoms with Crippen molar-refractivity contribution in [3.8, 4) is 0 Å². The highest BCUT2D eigenvalue weighted by atomic mass is 79.9. The second kappa shape index (κ2) is 6.56. The summed E-state index contributed by atoms with van der Waals surface area (Å²) in [4.78, 5) is 22.7. The lowest BCUT2D eigenvalue weighted by atomic mass is 10.2. The van der Waals surface area contributed by atoms with Crippen molar-refractivity contribution in [1.82, 2.24) is 9.88 Å². The Bertz CT molecular complexity index is 636. The van der Waals surface area contributed by atoms with Gasteiger partial charge in [0.2, 0.25) is 5.91 Å². The fourth-order valence-electron chi connectivity index (χ4n) is 1.93. The number of nitrogens with zero attached hydrogens (tertiary/aromatic N) is 1. The predicted octanol–water partition coefficient (Wildman–Crippen LogP) is 2.08. The number of carbonyl (C=O) groups excluding carboxylic acids is 2. The summed E-state index contributed by atoms with van der Waals surface area (Å²) >= 11 is 3.41. The van der Waals surface area contributed by atoms with Crippen molar-refractivity contribution in [3.05, 3.63) is 34.9 Å². The average molecular weight is 339 g/mol. The van der Waals surface area contributed by atoms with Crippen molar-refractivity contribution in [2.75, 3.05) is 13.7 Å². The van der Waals surface area contributed by atoms with Crippen molar-refractivity contribution >= 4 is 38.7 Å². The number of benzene rings is 1. The monoisotopic (exact) mass is 338 g/mol. The van der Waals surface area contributed by atoms with Gasteiger partial charge in [-0.15, -0.1) is 0 Å². The Kier molecular flexibility index (Phi) is 4.79. The van der Waals surface area contributed by atoms with Gasteiger partial charge in [0.05, 0.1) is 13.5 Å². The average Bonchev–Trinajstić information content (AvgIpc) is 2.80. The molecule has 0 spiro atoms. The number of nitrogens with one attached hydrogen (secondary N) is 1. The lowest BCUT2D eigenvalue weighted by Gasteiger charge is -2.07. The third-order valence-electron chi connectivity index (χ3n) is 2.93. The molecule has 0 aliphatic heterocycles. The molecule has 2 rings (SSSR count). The molecule has 0 aliphatic carbocycles. The number of ether oxygens (including phenoxy) is 1. The zero-order valence-electron chi connectivity index (χ0n) is 11.1. The van der Waals surface area contributed by atoms with Gasteiger partial charge in [-0.25, -0.2) is 0 Å². The molecule has 20 heavy (non-hydrogen) atoms. The Morgan fingerprint density at radius 2 is 2.15 bits per heavy atom. The minimum Gasteiger partial charge on any atom is -0.469 e. The molecule has 0 saturated heterocycles. The lowest BCUT2D eigenvalue weighted by Crippen LogP contribution is -2.29. The standard InChI is InChI=1S/C14H15BrN2O3/c1-20-14(19)4-6-16-13(18)9-17-7-5-10-8-11(15)2-3-12(10)17/h2-3,5,7-8H,4,6,9H2,1H3,(H,16,18). The number of hydrogen-bond donors (Lipinski definition) is 1. The van der Waals surface area contributed by atoms with E-state index < -0.39 is 0 Å². The molecule has 1 aromatic heterocycles. The first kappa shape index (κ1) is 14.6. The molecule has 0 fully saturated rings. The molecule has 1 heterocycles. The normalized spacial score (nSPS) is 10.5. The summed E-state index contributed by atoms with van der Waals surface area (Å²) in [7, 11) is 1.33. The van der Waals surface area contributed by atoms with Crippen LogP contribution >= 0.6 is 15.9 Å². The molecule has 6 heteroatoms. The first-order chi connectivity index (χ1) is 9.60. The number of methoxy groups -OCH3 is 1. The van der Waals surface area contributed by atoms with Crippen molar-refractivity contribution in [1.29, 1.82) is 0 Å². The number of aromatic nitrogens is 1. The molecule has 0 aliphatic rings. The van der Waals surface area contributed by atoms with E-state index in [1.807, 2.05) is 35.0 Å². The maximum Gasteiger partial charge on any atom is 0.307 e. The van der Waals surface area contributed by atoms with Crippen molar-refractivity contribution in [3.63, 3.8) is 0 Å². The molecular weight excluding hydrogens is 324 g/mol. The molecular formula is C14H15BrN2O3. The molecule has 0 atom stereocenters. The van der Waals surface area contributed by atoms with Crippen LogP contribution in [0.1, 0.15) is 6.42 Å². The van der Waals surface area contributed by atoms with E-state index in [-0.39, 0.29) is 31.4 Å². The van der Waals surface area contributed by atoms with Crippen LogP contribution in [0, 0.1) is 0 Å². The van der Waals surface area contributed by atoms with Crippen molar-refractivity contribution in [2.24, 2.45) is 0 Å². The summed E-state index contributed by atoms with van der Waals surface area (Å²) in [5.74, 6) is -0.462. The largest absolute Gasteiger partial charge is 0.469 e. The highest BCUT2D eigenvalue weighted by Gasteiger charge is 2.07. The van der Waals surface area contributed by atoms with Gasteiger partial charge < -0.3 is 14.6 Å². The fraction of sp³-hybridized carbons (Fsp3) is 0.286. The zero-order chi connectivity index (χ0) is 14.5. The van der Waals surface area contributed by atoms with E-state index in [0.717, 1.165) is 15.4 Å². The van der Waals surface area contributed by atoms with E-state index in [4.69, 9.17) is 0 Å². The Balaban J connectivity index is 1.94. The summed E-state index contributed by atoms with van der Waals surface area (Å²) in [6, 6.07) is 7.86. The molecule has 0 saturated carbocycles. The maximum atomic E-state index is 11.8. The van der Waals surface area contributed by atoms with Gasteiger partial charge in [0, 0.05) is 28.1 Å². The van der Waals surface area contributed by atoms with Crippen LogP contribution in [-0.4, -0.2) is 30.1 Å². The minimum atomic E-state index is -0.332. The molecule has 1 aromatic carbocycles. The van der Waals surface area contributed by atoms with Crippen LogP contribution in [0.3, 0.4) is 0 Å². The number of halogens is 1. The van der Waals surface area contributed by atoms with Crippen LogP contribution in [0.4, 0.5) is 0 Å². The van der Waals surface area contributed by atoms with Crippen LogP contribution in [0.2, 0.25) is 0 Å². The van der Waals surface area contributed by atoms with Gasteiger partial charge in [-0.3, -0.25) is 9.59 Å². The summed E-state index contributed by atoms with van der Waals surface area (Å²) in [5.41, 5.74) is 0.997. The number of fused-ring (bicyclic) bond motifs is 1. The number of rotatable bonds is 5. The van der Waals surface area contributed by atoms with Crippen molar-refractivity contribution < 1.29 is 14.3 Å². The number of esters is 1. The second-order valence-corrected chi connectivity index (χ2v) is 5.24. The van der Waals surface area contributed by atoms with E-state index in [2.05, 4.69) is 26.0 Å². The lowest BCUT2D eigenvalue weighted by molar-refractivity contribution is -0.140. The van der Waals surface area contributed by atoms with E-state index in [1.54, 1.807) is 0 Å². The first-order valence-corrected chi connectivity index (χ1v) is 6.97.